The number of hydrogen-bond acceptors (Lipinski definition) is 2. The van der Waals surface area contributed by atoms with Gasteiger partial charge in [0, 0.05) is 26.6 Å². The molecule has 0 aromatic carbocycles. The average molecular weight is 250 g/mol. The van der Waals surface area contributed by atoms with E-state index in [9.17, 15) is 4.79 Å². The smallest absolute Gasteiger partial charge is 0.222 e. The summed E-state index contributed by atoms with van der Waals surface area (Å²) in [5.74, 6) is 4.72. The Morgan fingerprint density at radius 1 is 1.11 bits per heavy atom. The van der Waals surface area contributed by atoms with Gasteiger partial charge in [-0.1, -0.05) is 0 Å². The lowest BCUT2D eigenvalue weighted by Gasteiger charge is -2.54. The van der Waals surface area contributed by atoms with Gasteiger partial charge >= 0.3 is 0 Å². The van der Waals surface area contributed by atoms with Gasteiger partial charge in [0.25, 0.3) is 0 Å². The van der Waals surface area contributed by atoms with E-state index in [0.717, 1.165) is 30.1 Å². The van der Waals surface area contributed by atoms with Gasteiger partial charge in [-0.3, -0.25) is 4.79 Å². The normalized spacial score (nSPS) is 41.1. The number of nitrogens with zero attached hydrogens (tertiary/aromatic N) is 1. The van der Waals surface area contributed by atoms with Crippen molar-refractivity contribution < 1.29 is 4.79 Å². The first-order valence-corrected chi connectivity index (χ1v) is 7.61. The van der Waals surface area contributed by atoms with Crippen LogP contribution < -0.4 is 5.73 Å². The molecule has 1 amide bonds. The molecule has 0 radical (unpaired) electrons. The zero-order valence-electron chi connectivity index (χ0n) is 11.5. The van der Waals surface area contributed by atoms with Crippen molar-refractivity contribution in [3.8, 4) is 0 Å². The number of carbonyl (C=O) groups is 1. The lowest BCUT2D eigenvalue weighted by atomic mass is 9.51. The van der Waals surface area contributed by atoms with Crippen molar-refractivity contribution in [3.63, 3.8) is 0 Å². The third-order valence-electron chi connectivity index (χ3n) is 5.72. The fraction of sp³-hybridized carbons (Fsp3) is 0.933. The van der Waals surface area contributed by atoms with E-state index in [1.165, 1.54) is 32.1 Å². The summed E-state index contributed by atoms with van der Waals surface area (Å²) in [5, 5.41) is 0. The maximum atomic E-state index is 12.2. The monoisotopic (exact) mass is 250 g/mol. The Morgan fingerprint density at radius 2 is 1.67 bits per heavy atom. The molecule has 3 heteroatoms. The first-order valence-electron chi connectivity index (χ1n) is 7.61. The molecule has 102 valence electrons. The molecule has 3 nitrogen and oxygen atoms in total. The molecule has 4 aliphatic rings. The third kappa shape index (κ3) is 2.18. The van der Waals surface area contributed by atoms with E-state index in [2.05, 4.69) is 0 Å². The van der Waals surface area contributed by atoms with Crippen molar-refractivity contribution in [2.24, 2.45) is 35.3 Å². The molecule has 0 saturated heterocycles. The number of hydrogen-bond donors (Lipinski definition) is 1. The van der Waals surface area contributed by atoms with Gasteiger partial charge in [0.05, 0.1) is 0 Å². The third-order valence-corrected chi connectivity index (χ3v) is 5.72. The van der Waals surface area contributed by atoms with Crippen LogP contribution in [-0.2, 0) is 4.79 Å². The standard InChI is InChI=1S/C15H26N2O/c1-17(3-2-16)15(18)9-14-12-5-10-4-11(7-12)8-13(14)6-10/h10-14H,2-9,16H2,1H3. The van der Waals surface area contributed by atoms with Gasteiger partial charge in [0.15, 0.2) is 0 Å². The molecule has 4 aliphatic carbocycles. The Morgan fingerprint density at radius 3 is 2.17 bits per heavy atom. The summed E-state index contributed by atoms with van der Waals surface area (Å²) in [5.41, 5.74) is 5.52. The number of rotatable bonds is 4. The molecule has 0 heterocycles. The first-order chi connectivity index (χ1) is 8.67. The van der Waals surface area contributed by atoms with E-state index in [1.54, 1.807) is 0 Å². The predicted octanol–water partition coefficient (Wildman–Crippen LogP) is 1.87. The van der Waals surface area contributed by atoms with Crippen LogP contribution >= 0.6 is 0 Å². The van der Waals surface area contributed by atoms with Crippen LogP contribution in [0.25, 0.3) is 0 Å². The fourth-order valence-corrected chi connectivity index (χ4v) is 5.05. The van der Waals surface area contributed by atoms with E-state index >= 15 is 0 Å². The largest absolute Gasteiger partial charge is 0.344 e. The SMILES string of the molecule is CN(CCN)C(=O)CC1C2CC3CC(C2)CC1C3. The van der Waals surface area contributed by atoms with Gasteiger partial charge < -0.3 is 10.6 Å². The van der Waals surface area contributed by atoms with Crippen LogP contribution in [-0.4, -0.2) is 30.9 Å². The van der Waals surface area contributed by atoms with Crippen molar-refractivity contribution in [3.05, 3.63) is 0 Å². The zero-order valence-corrected chi connectivity index (χ0v) is 11.5. The molecule has 2 N–H and O–H groups in total. The van der Waals surface area contributed by atoms with E-state index < -0.39 is 0 Å². The van der Waals surface area contributed by atoms with Crippen LogP contribution in [0.1, 0.15) is 38.5 Å². The summed E-state index contributed by atoms with van der Waals surface area (Å²) >= 11 is 0. The van der Waals surface area contributed by atoms with Gasteiger partial charge in [-0.05, 0) is 61.7 Å². The Kier molecular flexibility index (Phi) is 3.35. The van der Waals surface area contributed by atoms with Gasteiger partial charge in [0.2, 0.25) is 5.91 Å². The van der Waals surface area contributed by atoms with Crippen molar-refractivity contribution in [1.29, 1.82) is 0 Å². The number of likely N-dealkylation sites (N-methyl/N-ethyl adjacent to an activating group) is 1. The summed E-state index contributed by atoms with van der Waals surface area (Å²) in [6.45, 7) is 1.27. The van der Waals surface area contributed by atoms with E-state index in [0.29, 0.717) is 24.9 Å². The first kappa shape index (κ1) is 12.5. The van der Waals surface area contributed by atoms with Crippen LogP contribution in [0.2, 0.25) is 0 Å². The Balaban J connectivity index is 1.61. The summed E-state index contributed by atoms with van der Waals surface area (Å²) in [7, 11) is 1.89. The summed E-state index contributed by atoms with van der Waals surface area (Å²) in [6, 6.07) is 0. The molecule has 4 fully saturated rings. The molecule has 0 spiro atoms. The van der Waals surface area contributed by atoms with Crippen molar-refractivity contribution in [1.82, 2.24) is 4.90 Å². The van der Waals surface area contributed by atoms with Crippen LogP contribution in [0.15, 0.2) is 0 Å². The highest BCUT2D eigenvalue weighted by atomic mass is 16.2. The van der Waals surface area contributed by atoms with Crippen molar-refractivity contribution >= 4 is 5.91 Å². The highest BCUT2D eigenvalue weighted by Gasteiger charge is 2.48. The molecular formula is C15H26N2O. The molecule has 0 aromatic heterocycles. The maximum absolute atomic E-state index is 12.2. The second kappa shape index (κ2) is 4.84. The van der Waals surface area contributed by atoms with Gasteiger partial charge in [-0.15, -0.1) is 0 Å². The van der Waals surface area contributed by atoms with Crippen LogP contribution in [0.3, 0.4) is 0 Å². The average Bonchev–Trinajstić information content (AvgIpc) is 2.33. The van der Waals surface area contributed by atoms with Gasteiger partial charge in [-0.25, -0.2) is 0 Å². The molecule has 0 unspecified atom stereocenters. The summed E-state index contributed by atoms with van der Waals surface area (Å²) < 4.78 is 0. The topological polar surface area (TPSA) is 46.3 Å². The van der Waals surface area contributed by atoms with E-state index in [4.69, 9.17) is 5.73 Å². The molecule has 4 bridgehead atoms. The minimum absolute atomic E-state index is 0.318. The molecule has 0 atom stereocenters. The molecule has 4 rings (SSSR count). The Hall–Kier alpha value is -0.570. The predicted molar refractivity (Wildman–Crippen MR) is 71.8 cm³/mol. The zero-order chi connectivity index (χ0) is 12.7. The highest BCUT2D eigenvalue weighted by Crippen LogP contribution is 2.57. The molecule has 0 aromatic rings. The van der Waals surface area contributed by atoms with Crippen molar-refractivity contribution in [2.75, 3.05) is 20.1 Å². The Bertz CT molecular complexity index is 300. The molecule has 18 heavy (non-hydrogen) atoms. The summed E-state index contributed by atoms with van der Waals surface area (Å²) in [6.07, 6.45) is 7.90. The Labute approximate surface area is 110 Å². The fourth-order valence-electron chi connectivity index (χ4n) is 5.05. The minimum Gasteiger partial charge on any atom is -0.344 e. The van der Waals surface area contributed by atoms with E-state index in [1.807, 2.05) is 11.9 Å². The van der Waals surface area contributed by atoms with Gasteiger partial charge in [0.1, 0.15) is 0 Å². The minimum atomic E-state index is 0.318. The number of amides is 1. The molecule has 4 saturated carbocycles. The van der Waals surface area contributed by atoms with Gasteiger partial charge in [-0.2, -0.15) is 0 Å². The van der Waals surface area contributed by atoms with Crippen LogP contribution in [0, 0.1) is 29.6 Å². The number of nitrogens with two attached hydrogens (primary N) is 1. The van der Waals surface area contributed by atoms with Crippen molar-refractivity contribution in [2.45, 2.75) is 38.5 Å². The second-order valence-electron chi connectivity index (χ2n) is 6.90. The molecule has 0 aliphatic heterocycles. The second-order valence-corrected chi connectivity index (χ2v) is 6.90. The number of carbonyl (C=O) groups excluding carboxylic acids is 1. The lowest BCUT2D eigenvalue weighted by Crippen LogP contribution is -2.46. The highest BCUT2D eigenvalue weighted by molar-refractivity contribution is 5.76. The quantitative estimate of drug-likeness (QED) is 0.828. The van der Waals surface area contributed by atoms with E-state index in [-0.39, 0.29) is 0 Å². The van der Waals surface area contributed by atoms with Crippen LogP contribution in [0.4, 0.5) is 0 Å². The summed E-state index contributed by atoms with van der Waals surface area (Å²) in [4.78, 5) is 14.0. The van der Waals surface area contributed by atoms with Crippen LogP contribution in [0.5, 0.6) is 0 Å². The maximum Gasteiger partial charge on any atom is 0.222 e. The molecular weight excluding hydrogens is 224 g/mol. The lowest BCUT2D eigenvalue weighted by molar-refractivity contribution is -0.135.